The van der Waals surface area contributed by atoms with Gasteiger partial charge in [-0.25, -0.2) is 0 Å². The smallest absolute Gasteiger partial charge is 0.119 e. The van der Waals surface area contributed by atoms with Gasteiger partial charge in [-0.2, -0.15) is 0 Å². The molecule has 2 aromatic rings. The fourth-order valence-corrected chi connectivity index (χ4v) is 2.13. The Morgan fingerprint density at radius 2 is 1.52 bits per heavy atom. The summed E-state index contributed by atoms with van der Waals surface area (Å²) >= 11 is 0. The minimum Gasteiger partial charge on any atom is -0.494 e. The largest absolute Gasteiger partial charge is 0.494 e. The first-order valence-electron chi connectivity index (χ1n) is 7.29. The first kappa shape index (κ1) is 17.5. The molecule has 0 fully saturated rings. The molecule has 2 nitrogen and oxygen atoms in total. The summed E-state index contributed by atoms with van der Waals surface area (Å²) < 4.78 is 5.73. The lowest BCUT2D eigenvalue weighted by Gasteiger charge is -2.07. The zero-order valence-corrected chi connectivity index (χ0v) is 13.4. The molecule has 0 saturated heterocycles. The quantitative estimate of drug-likeness (QED) is 0.742. The molecule has 0 unspecified atom stereocenters. The Morgan fingerprint density at radius 1 is 0.857 bits per heavy atom. The molecule has 0 aliphatic rings. The van der Waals surface area contributed by atoms with Gasteiger partial charge in [-0.1, -0.05) is 42.5 Å². The van der Waals surface area contributed by atoms with E-state index in [-0.39, 0.29) is 12.4 Å². The van der Waals surface area contributed by atoms with Crippen molar-refractivity contribution < 1.29 is 4.74 Å². The van der Waals surface area contributed by atoms with Crippen LogP contribution in [0.25, 0.3) is 0 Å². The van der Waals surface area contributed by atoms with Crippen LogP contribution in [0.4, 0.5) is 0 Å². The summed E-state index contributed by atoms with van der Waals surface area (Å²) in [7, 11) is 1.98. The maximum Gasteiger partial charge on any atom is 0.119 e. The van der Waals surface area contributed by atoms with Crippen LogP contribution < -0.4 is 10.1 Å². The van der Waals surface area contributed by atoms with Gasteiger partial charge >= 0.3 is 0 Å². The second kappa shape index (κ2) is 10.3. The van der Waals surface area contributed by atoms with Gasteiger partial charge < -0.3 is 10.1 Å². The number of hydrogen-bond acceptors (Lipinski definition) is 2. The average Bonchev–Trinajstić information content (AvgIpc) is 2.50. The minimum atomic E-state index is 0. The number of nitrogens with one attached hydrogen (secondary N) is 1. The Hall–Kier alpha value is -1.51. The molecule has 0 bridgehead atoms. The van der Waals surface area contributed by atoms with E-state index in [1.54, 1.807) is 0 Å². The Balaban J connectivity index is 0.00000220. The van der Waals surface area contributed by atoms with Crippen LogP contribution in [-0.2, 0) is 6.42 Å². The summed E-state index contributed by atoms with van der Waals surface area (Å²) in [5, 5.41) is 3.14. The Labute approximate surface area is 133 Å². The lowest BCUT2D eigenvalue weighted by Crippen LogP contribution is -2.09. The van der Waals surface area contributed by atoms with E-state index in [1.807, 2.05) is 7.05 Å². The number of hydrogen-bond donors (Lipinski definition) is 1. The topological polar surface area (TPSA) is 21.3 Å². The summed E-state index contributed by atoms with van der Waals surface area (Å²) in [6.45, 7) is 1.85. The monoisotopic (exact) mass is 305 g/mol. The van der Waals surface area contributed by atoms with Crippen molar-refractivity contribution >= 4 is 12.4 Å². The molecule has 0 heterocycles. The molecule has 0 aliphatic heterocycles. The Bertz CT molecular complexity index is 484. The van der Waals surface area contributed by atoms with E-state index in [2.05, 4.69) is 59.9 Å². The normalized spacial score (nSPS) is 9.95. The third-order valence-corrected chi connectivity index (χ3v) is 3.26. The molecule has 114 valence electrons. The van der Waals surface area contributed by atoms with Gasteiger partial charge in [0.2, 0.25) is 0 Å². The van der Waals surface area contributed by atoms with Gasteiger partial charge in [-0.05, 0) is 56.1 Å². The lowest BCUT2D eigenvalue weighted by molar-refractivity contribution is 0.306. The second-order valence-electron chi connectivity index (χ2n) is 4.97. The van der Waals surface area contributed by atoms with E-state index in [0.29, 0.717) is 0 Å². The lowest BCUT2D eigenvalue weighted by atomic mass is 10.1. The molecular formula is C18H24ClNO. The SMILES string of the molecule is CNCCCCOc1ccc(Cc2ccccc2)cc1.Cl. The molecule has 1 N–H and O–H groups in total. The van der Waals surface area contributed by atoms with Gasteiger partial charge in [0.05, 0.1) is 6.61 Å². The highest BCUT2D eigenvalue weighted by atomic mass is 35.5. The van der Waals surface area contributed by atoms with Crippen molar-refractivity contribution in [3.63, 3.8) is 0 Å². The summed E-state index contributed by atoms with van der Waals surface area (Å²) in [5.41, 5.74) is 2.66. The number of halogens is 1. The zero-order chi connectivity index (χ0) is 14.0. The molecule has 0 atom stereocenters. The molecule has 2 rings (SSSR count). The Kier molecular flexibility index (Phi) is 8.56. The van der Waals surface area contributed by atoms with Crippen molar-refractivity contribution in [1.29, 1.82) is 0 Å². The van der Waals surface area contributed by atoms with Crippen molar-refractivity contribution in [3.8, 4) is 5.75 Å². The van der Waals surface area contributed by atoms with Crippen molar-refractivity contribution in [2.24, 2.45) is 0 Å². The van der Waals surface area contributed by atoms with E-state index in [0.717, 1.165) is 38.2 Å². The van der Waals surface area contributed by atoms with Crippen molar-refractivity contribution in [3.05, 3.63) is 65.7 Å². The van der Waals surface area contributed by atoms with Gasteiger partial charge in [0.1, 0.15) is 5.75 Å². The molecule has 0 saturated carbocycles. The summed E-state index contributed by atoms with van der Waals surface area (Å²) in [4.78, 5) is 0. The number of ether oxygens (including phenoxy) is 1. The van der Waals surface area contributed by atoms with Gasteiger partial charge in [-0.3, -0.25) is 0 Å². The van der Waals surface area contributed by atoms with Crippen LogP contribution in [0, 0.1) is 0 Å². The van der Waals surface area contributed by atoms with Gasteiger partial charge in [0.15, 0.2) is 0 Å². The molecule has 0 aliphatic carbocycles. The fraction of sp³-hybridized carbons (Fsp3) is 0.333. The molecular weight excluding hydrogens is 282 g/mol. The van der Waals surface area contributed by atoms with Gasteiger partial charge in [0.25, 0.3) is 0 Å². The maximum atomic E-state index is 5.73. The van der Waals surface area contributed by atoms with Crippen molar-refractivity contribution in [2.45, 2.75) is 19.3 Å². The van der Waals surface area contributed by atoms with Crippen LogP contribution in [-0.4, -0.2) is 20.2 Å². The molecule has 3 heteroatoms. The van der Waals surface area contributed by atoms with E-state index >= 15 is 0 Å². The van der Waals surface area contributed by atoms with Crippen LogP contribution >= 0.6 is 12.4 Å². The molecule has 21 heavy (non-hydrogen) atoms. The second-order valence-corrected chi connectivity index (χ2v) is 4.97. The van der Waals surface area contributed by atoms with Crippen molar-refractivity contribution in [2.75, 3.05) is 20.2 Å². The maximum absolute atomic E-state index is 5.73. The number of benzene rings is 2. The van der Waals surface area contributed by atoms with E-state index < -0.39 is 0 Å². The van der Waals surface area contributed by atoms with Crippen molar-refractivity contribution in [1.82, 2.24) is 5.32 Å². The summed E-state index contributed by atoms with van der Waals surface area (Å²) in [6, 6.07) is 19.0. The van der Waals surface area contributed by atoms with Gasteiger partial charge in [-0.15, -0.1) is 12.4 Å². The molecule has 0 aromatic heterocycles. The van der Waals surface area contributed by atoms with Crippen LogP contribution in [0.15, 0.2) is 54.6 Å². The zero-order valence-electron chi connectivity index (χ0n) is 12.5. The van der Waals surface area contributed by atoms with E-state index in [9.17, 15) is 0 Å². The van der Waals surface area contributed by atoms with E-state index in [4.69, 9.17) is 4.74 Å². The van der Waals surface area contributed by atoms with Gasteiger partial charge in [0, 0.05) is 0 Å². The van der Waals surface area contributed by atoms with Crippen LogP contribution in [0.1, 0.15) is 24.0 Å². The molecule has 2 aromatic carbocycles. The predicted octanol–water partition coefficient (Wildman–Crippen LogP) is 4.08. The molecule has 0 spiro atoms. The summed E-state index contributed by atoms with van der Waals surface area (Å²) in [5.74, 6) is 0.964. The van der Waals surface area contributed by atoms with E-state index in [1.165, 1.54) is 11.1 Å². The third-order valence-electron chi connectivity index (χ3n) is 3.26. The highest BCUT2D eigenvalue weighted by Gasteiger charge is 1.98. The number of rotatable bonds is 8. The fourth-order valence-electron chi connectivity index (χ4n) is 2.13. The van der Waals surface area contributed by atoms with Crippen LogP contribution in [0.5, 0.6) is 5.75 Å². The predicted molar refractivity (Wildman–Crippen MR) is 91.6 cm³/mol. The Morgan fingerprint density at radius 3 is 2.19 bits per heavy atom. The first-order chi connectivity index (χ1) is 9.88. The highest BCUT2D eigenvalue weighted by molar-refractivity contribution is 5.85. The van der Waals surface area contributed by atoms with Crippen LogP contribution in [0.2, 0.25) is 0 Å². The summed E-state index contributed by atoms with van der Waals surface area (Å²) in [6.07, 6.45) is 3.22. The van der Waals surface area contributed by atoms with Crippen LogP contribution in [0.3, 0.4) is 0 Å². The average molecular weight is 306 g/mol. The third kappa shape index (κ3) is 6.65. The molecule has 0 radical (unpaired) electrons. The molecule has 0 amide bonds. The highest BCUT2D eigenvalue weighted by Crippen LogP contribution is 2.15. The minimum absolute atomic E-state index is 0. The number of unbranched alkanes of at least 4 members (excludes halogenated alkanes) is 1. The standard InChI is InChI=1S/C18H23NO.ClH/c1-19-13-5-6-14-20-18-11-9-17(10-12-18)15-16-7-3-2-4-8-16;/h2-4,7-12,19H,5-6,13-15H2,1H3;1H. The first-order valence-corrected chi connectivity index (χ1v) is 7.29.